The van der Waals surface area contributed by atoms with E-state index in [1.807, 2.05) is 0 Å². The fourth-order valence-electron chi connectivity index (χ4n) is 3.87. The monoisotopic (exact) mass is 460 g/mol. The Morgan fingerprint density at radius 1 is 0.781 bits per heavy atom. The van der Waals surface area contributed by atoms with Gasteiger partial charge in [0.15, 0.2) is 0 Å². The van der Waals surface area contributed by atoms with Crippen LogP contribution in [-0.4, -0.2) is 9.97 Å². The Bertz CT molecular complexity index is 1390. The highest BCUT2D eigenvalue weighted by atomic mass is 32.1. The van der Waals surface area contributed by atoms with E-state index in [0.29, 0.717) is 0 Å². The first kappa shape index (κ1) is 21.2. The highest BCUT2D eigenvalue weighted by Gasteiger charge is 2.25. The molecule has 0 amide bonds. The normalized spacial score (nSPS) is 15.3. The van der Waals surface area contributed by atoms with Crippen LogP contribution in [0.4, 0.5) is 10.0 Å². The molecule has 4 aliphatic heterocycles. The van der Waals surface area contributed by atoms with Crippen LogP contribution in [0.1, 0.15) is 64.3 Å². The van der Waals surface area contributed by atoms with E-state index in [4.69, 9.17) is 9.97 Å². The summed E-state index contributed by atoms with van der Waals surface area (Å²) in [5.41, 5.74) is 6.40. The third-order valence-electron chi connectivity index (χ3n) is 5.56. The zero-order valence-electron chi connectivity index (χ0n) is 19.3. The van der Waals surface area contributed by atoms with E-state index in [-0.39, 0.29) is 10.8 Å². The van der Waals surface area contributed by atoms with Crippen molar-refractivity contribution in [2.45, 2.75) is 41.5 Å². The summed E-state index contributed by atoms with van der Waals surface area (Å²) < 4.78 is 2.41. The molecule has 0 saturated heterocycles. The van der Waals surface area contributed by atoms with Crippen LogP contribution in [0.25, 0.3) is 35.7 Å². The SMILES string of the molecule is CC(C)(C)C1=Cc2nc1ccc1nc(c3sc(ccc4sc2NC=4)=C(C(C)(C)C)N3)C=C1. The third kappa shape index (κ3) is 3.93. The van der Waals surface area contributed by atoms with E-state index >= 15 is 0 Å². The van der Waals surface area contributed by atoms with Gasteiger partial charge in [0.2, 0.25) is 0 Å². The largest absolute Gasteiger partial charge is 0.350 e. The second-order valence-corrected chi connectivity index (χ2v) is 12.4. The molecule has 0 saturated carbocycles. The van der Waals surface area contributed by atoms with Gasteiger partial charge in [-0.05, 0) is 53.5 Å². The van der Waals surface area contributed by atoms with Gasteiger partial charge < -0.3 is 10.6 Å². The van der Waals surface area contributed by atoms with Crippen LogP contribution in [0.5, 0.6) is 0 Å². The average Bonchev–Trinajstić information content (AvgIpc) is 3.48. The molecule has 1 aromatic heterocycles. The molecule has 0 unspecified atom stereocenters. The molecule has 4 nitrogen and oxygen atoms in total. The molecule has 0 radical (unpaired) electrons. The van der Waals surface area contributed by atoms with Gasteiger partial charge in [-0.1, -0.05) is 41.5 Å². The highest BCUT2D eigenvalue weighted by Crippen LogP contribution is 2.39. The molecule has 0 atom stereocenters. The molecule has 5 rings (SSSR count). The molecule has 0 fully saturated rings. The van der Waals surface area contributed by atoms with Crippen LogP contribution in [0, 0.1) is 10.8 Å². The summed E-state index contributed by atoms with van der Waals surface area (Å²) in [6.07, 6.45) is 8.45. The van der Waals surface area contributed by atoms with Crippen LogP contribution in [0.15, 0.2) is 24.3 Å². The Kier molecular flexibility index (Phi) is 4.91. The molecule has 0 spiro atoms. The molecule has 6 heteroatoms. The Morgan fingerprint density at radius 2 is 1.59 bits per heavy atom. The lowest BCUT2D eigenvalue weighted by molar-refractivity contribution is 0.562. The second-order valence-electron chi connectivity index (χ2n) is 10.3. The number of hydrogen-bond acceptors (Lipinski definition) is 6. The molecule has 164 valence electrons. The van der Waals surface area contributed by atoms with Crippen molar-refractivity contribution < 1.29 is 0 Å². The van der Waals surface area contributed by atoms with Crippen molar-refractivity contribution in [2.24, 2.45) is 10.8 Å². The number of fused-ring (bicyclic) bond motifs is 10. The summed E-state index contributed by atoms with van der Waals surface area (Å²) in [5.74, 6) is 0. The van der Waals surface area contributed by atoms with Gasteiger partial charge in [0.25, 0.3) is 0 Å². The van der Waals surface area contributed by atoms with Crippen molar-refractivity contribution >= 4 is 68.4 Å². The summed E-state index contributed by atoms with van der Waals surface area (Å²) in [6.45, 7) is 13.4. The highest BCUT2D eigenvalue weighted by molar-refractivity contribution is 7.15. The van der Waals surface area contributed by atoms with Gasteiger partial charge in [-0.25, -0.2) is 9.97 Å². The number of allylic oxidation sites excluding steroid dienone is 1. The van der Waals surface area contributed by atoms with E-state index in [1.54, 1.807) is 22.7 Å². The molecule has 0 aliphatic carbocycles. The minimum Gasteiger partial charge on any atom is -0.350 e. The molecule has 4 aliphatic rings. The predicted octanol–water partition coefficient (Wildman–Crippen LogP) is 6.10. The first-order valence-corrected chi connectivity index (χ1v) is 12.5. The van der Waals surface area contributed by atoms with Crippen LogP contribution < -0.4 is 19.7 Å². The summed E-state index contributed by atoms with van der Waals surface area (Å²) in [6, 6.07) is 8.57. The molecule has 32 heavy (non-hydrogen) atoms. The molecule has 2 N–H and O–H groups in total. The average molecular weight is 461 g/mol. The Balaban J connectivity index is 1.82. The Morgan fingerprint density at radius 3 is 2.34 bits per heavy atom. The molecule has 5 heterocycles. The van der Waals surface area contributed by atoms with Crippen LogP contribution in [-0.2, 0) is 0 Å². The first-order chi connectivity index (χ1) is 15.1. The summed E-state index contributed by atoms with van der Waals surface area (Å²) >= 11 is 3.49. The lowest BCUT2D eigenvalue weighted by Gasteiger charge is -2.21. The maximum Gasteiger partial charge on any atom is 0.119 e. The lowest BCUT2D eigenvalue weighted by Crippen LogP contribution is -2.19. The van der Waals surface area contributed by atoms with Crippen molar-refractivity contribution in [1.82, 2.24) is 9.97 Å². The molecule has 8 bridgehead atoms. The maximum atomic E-state index is 4.97. The van der Waals surface area contributed by atoms with Crippen molar-refractivity contribution in [3.8, 4) is 0 Å². The van der Waals surface area contributed by atoms with E-state index in [0.717, 1.165) is 32.8 Å². The minimum atomic E-state index is 0.00381. The third-order valence-corrected chi connectivity index (χ3v) is 7.65. The van der Waals surface area contributed by atoms with Crippen LogP contribution >= 0.6 is 22.7 Å². The quantitative estimate of drug-likeness (QED) is 0.499. The Hall–Kier alpha value is -2.70. The standard InChI is InChI=1S/C26H28N4S2/c1-25(2,3)17-13-20-23-27-14-16(31-23)9-12-21-22(26(4,5)6)30-24(32-21)19-11-8-15(28-19)7-10-18(17)29-20/h7-14,27,30H,1-6H3. The second kappa shape index (κ2) is 7.42. The predicted molar refractivity (Wildman–Crippen MR) is 141 cm³/mol. The van der Waals surface area contributed by atoms with Gasteiger partial charge in [-0.15, -0.1) is 22.7 Å². The smallest absolute Gasteiger partial charge is 0.119 e. The fraction of sp³-hybridized carbons (Fsp3) is 0.308. The van der Waals surface area contributed by atoms with Gasteiger partial charge >= 0.3 is 0 Å². The number of hydrogen-bond donors (Lipinski definition) is 2. The number of rotatable bonds is 0. The van der Waals surface area contributed by atoms with E-state index in [9.17, 15) is 0 Å². The van der Waals surface area contributed by atoms with Crippen molar-refractivity contribution in [2.75, 3.05) is 10.6 Å². The zero-order valence-corrected chi connectivity index (χ0v) is 21.0. The Labute approximate surface area is 197 Å². The van der Waals surface area contributed by atoms with Gasteiger partial charge in [-0.2, -0.15) is 0 Å². The molecule has 1 aromatic rings. The molecule has 0 aromatic carbocycles. The van der Waals surface area contributed by atoms with Gasteiger partial charge in [0.05, 0.1) is 22.8 Å². The van der Waals surface area contributed by atoms with E-state index in [1.165, 1.54) is 20.3 Å². The number of nitrogens with zero attached hydrogens (tertiary/aromatic N) is 2. The van der Waals surface area contributed by atoms with Gasteiger partial charge in [0.1, 0.15) is 10.0 Å². The topological polar surface area (TPSA) is 49.8 Å². The van der Waals surface area contributed by atoms with Gasteiger partial charge in [-0.3, -0.25) is 0 Å². The van der Waals surface area contributed by atoms with E-state index in [2.05, 4.69) is 101 Å². The summed E-state index contributed by atoms with van der Waals surface area (Å²) in [5, 5.41) is 9.25. The number of nitrogens with one attached hydrogen (secondary N) is 2. The van der Waals surface area contributed by atoms with Crippen molar-refractivity contribution in [1.29, 1.82) is 0 Å². The van der Waals surface area contributed by atoms with Gasteiger partial charge in [0, 0.05) is 26.4 Å². The maximum absolute atomic E-state index is 4.97. The fourth-order valence-corrected chi connectivity index (χ4v) is 5.87. The lowest BCUT2D eigenvalue weighted by atomic mass is 9.85. The molecular formula is C26H28N4S2. The summed E-state index contributed by atoms with van der Waals surface area (Å²) in [4.78, 5) is 9.85. The van der Waals surface area contributed by atoms with Crippen molar-refractivity contribution in [3.63, 3.8) is 0 Å². The zero-order chi connectivity index (χ0) is 22.7. The first-order valence-electron chi connectivity index (χ1n) is 10.8. The summed E-state index contributed by atoms with van der Waals surface area (Å²) in [7, 11) is 0. The van der Waals surface area contributed by atoms with Crippen molar-refractivity contribution in [3.05, 3.63) is 56.1 Å². The van der Waals surface area contributed by atoms with E-state index < -0.39 is 0 Å². The van der Waals surface area contributed by atoms with Crippen LogP contribution in [0.2, 0.25) is 0 Å². The number of aromatic nitrogens is 2. The molecular weight excluding hydrogens is 432 g/mol. The van der Waals surface area contributed by atoms with Crippen LogP contribution in [0.3, 0.4) is 0 Å². The number of anilines is 2. The minimum absolute atomic E-state index is 0.00381.